The SMILES string of the molecule is C#Cc1ccccc1C(C(=O)NCCCC)N(CCCCC)C(=O)C(NC(=O)OC(C)(C)C)C(C)CC. The maximum atomic E-state index is 14.2. The fourth-order valence-corrected chi connectivity index (χ4v) is 4.00. The van der Waals surface area contributed by atoms with Crippen molar-refractivity contribution in [1.82, 2.24) is 15.5 Å². The molecule has 1 aromatic rings. The Labute approximate surface area is 224 Å². The normalized spacial score (nSPS) is 13.6. The minimum atomic E-state index is -0.916. The molecule has 0 saturated carbocycles. The lowest BCUT2D eigenvalue weighted by Crippen LogP contribution is -2.55. The third-order valence-electron chi connectivity index (χ3n) is 6.24. The molecule has 0 heterocycles. The van der Waals surface area contributed by atoms with Crippen LogP contribution in [0.15, 0.2) is 24.3 Å². The number of benzene rings is 1. The van der Waals surface area contributed by atoms with Crippen LogP contribution in [0.1, 0.15) is 104 Å². The lowest BCUT2D eigenvalue weighted by atomic mass is 9.94. The second-order valence-electron chi connectivity index (χ2n) is 10.5. The molecule has 0 aromatic heterocycles. The zero-order valence-corrected chi connectivity index (χ0v) is 23.9. The Kier molecular flexibility index (Phi) is 13.8. The second-order valence-corrected chi connectivity index (χ2v) is 10.5. The Hall–Kier alpha value is -3.01. The zero-order chi connectivity index (χ0) is 28.0. The number of unbranched alkanes of at least 4 members (excludes halogenated alkanes) is 3. The molecule has 0 fully saturated rings. The number of nitrogens with zero attached hydrogens (tertiary/aromatic N) is 1. The van der Waals surface area contributed by atoms with Crippen LogP contribution in [0.4, 0.5) is 4.79 Å². The van der Waals surface area contributed by atoms with Crippen molar-refractivity contribution in [1.29, 1.82) is 0 Å². The van der Waals surface area contributed by atoms with E-state index in [4.69, 9.17) is 11.2 Å². The fourth-order valence-electron chi connectivity index (χ4n) is 4.00. The highest BCUT2D eigenvalue weighted by Gasteiger charge is 2.38. The van der Waals surface area contributed by atoms with Crippen molar-refractivity contribution < 1.29 is 19.1 Å². The standard InChI is InChI=1S/C30H47N3O4/c1-9-13-17-21-33(28(35)25(22(5)11-3)32-29(36)37-30(6,7)8)26(27(34)31-20-14-10-2)24-19-16-15-18-23(24)12-4/h4,15-16,18-19,22,25-26H,9-11,13-14,17,20-21H2,1-3,5-8H3,(H,31,34)(H,32,36). The molecule has 2 N–H and O–H groups in total. The monoisotopic (exact) mass is 513 g/mol. The topological polar surface area (TPSA) is 87.7 Å². The van der Waals surface area contributed by atoms with Crippen molar-refractivity contribution in [2.75, 3.05) is 13.1 Å². The first-order chi connectivity index (χ1) is 17.5. The van der Waals surface area contributed by atoms with Gasteiger partial charge in [-0.1, -0.05) is 77.5 Å². The quantitative estimate of drug-likeness (QED) is 0.251. The highest BCUT2D eigenvalue weighted by molar-refractivity contribution is 5.92. The van der Waals surface area contributed by atoms with Gasteiger partial charge in [-0.05, 0) is 51.2 Å². The van der Waals surface area contributed by atoms with E-state index < -0.39 is 23.8 Å². The lowest BCUT2D eigenvalue weighted by molar-refractivity contribution is -0.143. The maximum Gasteiger partial charge on any atom is 0.408 e. The van der Waals surface area contributed by atoms with Crippen LogP contribution in [0.3, 0.4) is 0 Å². The van der Waals surface area contributed by atoms with Gasteiger partial charge in [0.1, 0.15) is 17.7 Å². The zero-order valence-electron chi connectivity index (χ0n) is 23.9. The summed E-state index contributed by atoms with van der Waals surface area (Å²) in [4.78, 5) is 42.2. The van der Waals surface area contributed by atoms with Crippen LogP contribution in [0, 0.1) is 18.3 Å². The average molecular weight is 514 g/mol. The van der Waals surface area contributed by atoms with Gasteiger partial charge in [-0.2, -0.15) is 0 Å². The van der Waals surface area contributed by atoms with Gasteiger partial charge in [-0.25, -0.2) is 4.79 Å². The molecule has 37 heavy (non-hydrogen) atoms. The van der Waals surface area contributed by atoms with E-state index in [0.717, 1.165) is 32.1 Å². The van der Waals surface area contributed by atoms with Gasteiger partial charge < -0.3 is 20.3 Å². The van der Waals surface area contributed by atoms with Crippen LogP contribution in [0.25, 0.3) is 0 Å². The number of alkyl carbamates (subject to hydrolysis) is 1. The average Bonchev–Trinajstić information content (AvgIpc) is 2.85. The van der Waals surface area contributed by atoms with E-state index in [0.29, 0.717) is 30.6 Å². The van der Waals surface area contributed by atoms with Gasteiger partial charge in [0, 0.05) is 18.7 Å². The van der Waals surface area contributed by atoms with Gasteiger partial charge in [0.25, 0.3) is 0 Å². The van der Waals surface area contributed by atoms with Crippen LogP contribution in [-0.2, 0) is 14.3 Å². The summed E-state index contributed by atoms with van der Waals surface area (Å²) in [7, 11) is 0. The summed E-state index contributed by atoms with van der Waals surface area (Å²) in [5, 5.41) is 5.80. The molecule has 0 bridgehead atoms. The van der Waals surface area contributed by atoms with Gasteiger partial charge in [-0.15, -0.1) is 6.42 Å². The summed E-state index contributed by atoms with van der Waals surface area (Å²) >= 11 is 0. The predicted molar refractivity (Wildman–Crippen MR) is 149 cm³/mol. The molecule has 7 heteroatoms. The molecule has 0 aliphatic rings. The van der Waals surface area contributed by atoms with Gasteiger partial charge in [-0.3, -0.25) is 9.59 Å². The number of terminal acetylenes is 1. The van der Waals surface area contributed by atoms with Crippen molar-refractivity contribution in [3.8, 4) is 12.3 Å². The molecule has 3 amide bonds. The number of carbonyl (C=O) groups excluding carboxylic acids is 3. The van der Waals surface area contributed by atoms with E-state index in [1.165, 1.54) is 0 Å². The third-order valence-corrected chi connectivity index (χ3v) is 6.24. The third kappa shape index (κ3) is 10.5. The Morgan fingerprint density at radius 2 is 1.70 bits per heavy atom. The number of nitrogens with one attached hydrogen (secondary N) is 2. The van der Waals surface area contributed by atoms with Crippen LogP contribution in [-0.4, -0.2) is 47.5 Å². The Balaban J connectivity index is 3.56. The summed E-state index contributed by atoms with van der Waals surface area (Å²) in [6.45, 7) is 14.2. The van der Waals surface area contributed by atoms with E-state index in [1.807, 2.05) is 26.0 Å². The van der Waals surface area contributed by atoms with Crippen molar-refractivity contribution in [3.05, 3.63) is 35.4 Å². The summed E-state index contributed by atoms with van der Waals surface area (Å²) in [5.74, 6) is 1.90. The molecule has 0 radical (unpaired) electrons. The van der Waals surface area contributed by atoms with Crippen LogP contribution in [0.2, 0.25) is 0 Å². The summed E-state index contributed by atoms with van der Waals surface area (Å²) in [5.41, 5.74) is 0.456. The van der Waals surface area contributed by atoms with Crippen molar-refractivity contribution in [2.24, 2.45) is 5.92 Å². The Morgan fingerprint density at radius 1 is 1.05 bits per heavy atom. The molecule has 206 valence electrons. The van der Waals surface area contributed by atoms with E-state index in [2.05, 4.69) is 30.4 Å². The van der Waals surface area contributed by atoms with Crippen LogP contribution in [0.5, 0.6) is 0 Å². The summed E-state index contributed by atoms with van der Waals surface area (Å²) < 4.78 is 5.46. The fraction of sp³-hybridized carbons (Fsp3) is 0.633. The predicted octanol–water partition coefficient (Wildman–Crippen LogP) is 5.58. The Morgan fingerprint density at radius 3 is 2.27 bits per heavy atom. The minimum absolute atomic E-state index is 0.180. The first-order valence-electron chi connectivity index (χ1n) is 13.6. The number of hydrogen-bond donors (Lipinski definition) is 2. The lowest BCUT2D eigenvalue weighted by Gasteiger charge is -2.36. The van der Waals surface area contributed by atoms with Gasteiger partial charge in [0.2, 0.25) is 11.8 Å². The first kappa shape index (κ1) is 32.0. The molecular weight excluding hydrogens is 466 g/mol. The largest absolute Gasteiger partial charge is 0.444 e. The van der Waals surface area contributed by atoms with Crippen LogP contribution < -0.4 is 10.6 Å². The Bertz CT molecular complexity index is 916. The molecule has 0 saturated heterocycles. The van der Waals surface area contributed by atoms with Gasteiger partial charge >= 0.3 is 6.09 Å². The number of carbonyl (C=O) groups is 3. The second kappa shape index (κ2) is 16.0. The first-order valence-corrected chi connectivity index (χ1v) is 13.6. The van der Waals surface area contributed by atoms with Crippen molar-refractivity contribution in [3.63, 3.8) is 0 Å². The smallest absolute Gasteiger partial charge is 0.408 e. The highest BCUT2D eigenvalue weighted by atomic mass is 16.6. The molecule has 0 aliphatic heterocycles. The molecule has 3 unspecified atom stereocenters. The maximum absolute atomic E-state index is 14.2. The molecule has 3 atom stereocenters. The van der Waals surface area contributed by atoms with Crippen molar-refractivity contribution in [2.45, 2.75) is 105 Å². The van der Waals surface area contributed by atoms with E-state index in [9.17, 15) is 14.4 Å². The van der Waals surface area contributed by atoms with Gasteiger partial charge in [0.15, 0.2) is 0 Å². The number of ether oxygens (including phenoxy) is 1. The molecule has 1 aromatic carbocycles. The van der Waals surface area contributed by atoms with E-state index in [1.54, 1.807) is 37.8 Å². The minimum Gasteiger partial charge on any atom is -0.444 e. The highest BCUT2D eigenvalue weighted by Crippen LogP contribution is 2.27. The molecule has 1 rings (SSSR count). The number of rotatable bonds is 14. The van der Waals surface area contributed by atoms with Gasteiger partial charge in [0.05, 0.1) is 0 Å². The summed E-state index contributed by atoms with van der Waals surface area (Å²) in [6.07, 6.45) is 10.1. The number of amides is 3. The molecule has 0 spiro atoms. The van der Waals surface area contributed by atoms with Crippen LogP contribution >= 0.6 is 0 Å². The van der Waals surface area contributed by atoms with Crippen molar-refractivity contribution >= 4 is 17.9 Å². The molecule has 0 aliphatic carbocycles. The van der Waals surface area contributed by atoms with E-state index in [-0.39, 0.29) is 17.7 Å². The molecular formula is C30H47N3O4. The number of hydrogen-bond acceptors (Lipinski definition) is 4. The van der Waals surface area contributed by atoms with E-state index >= 15 is 0 Å². The molecule has 7 nitrogen and oxygen atoms in total. The summed E-state index contributed by atoms with van der Waals surface area (Å²) in [6, 6.07) is 5.45.